The van der Waals surface area contributed by atoms with E-state index in [1.807, 2.05) is 30.3 Å². The number of hydrogen-bond acceptors (Lipinski definition) is 4. The molecule has 1 aliphatic carbocycles. The van der Waals surface area contributed by atoms with Gasteiger partial charge in [0.1, 0.15) is 5.54 Å². The average Bonchev–Trinajstić information content (AvgIpc) is 2.92. The fourth-order valence-corrected chi connectivity index (χ4v) is 2.91. The number of nitrogens with zero attached hydrogens (tertiary/aromatic N) is 1. The fourth-order valence-electron chi connectivity index (χ4n) is 2.91. The Kier molecular flexibility index (Phi) is 3.17. The van der Waals surface area contributed by atoms with Crippen LogP contribution in [0.1, 0.15) is 25.7 Å². The van der Waals surface area contributed by atoms with Gasteiger partial charge in [0.25, 0.3) is 0 Å². The number of anilines is 1. The summed E-state index contributed by atoms with van der Waals surface area (Å²) in [5.41, 5.74) is 0.496. The second-order valence-electron chi connectivity index (χ2n) is 5.29. The number of nitrogens with one attached hydrogen (secondary N) is 1. The van der Waals surface area contributed by atoms with Crippen molar-refractivity contribution in [1.82, 2.24) is 0 Å². The summed E-state index contributed by atoms with van der Waals surface area (Å²) in [6.07, 6.45) is 3.05. The molecule has 0 amide bonds. The maximum atomic E-state index is 9.54. The highest BCUT2D eigenvalue weighted by Gasteiger charge is 2.46. The highest BCUT2D eigenvalue weighted by Crippen LogP contribution is 2.41. The maximum Gasteiger partial charge on any atom is 0.168 e. The van der Waals surface area contributed by atoms with Crippen molar-refractivity contribution in [1.29, 1.82) is 5.26 Å². The van der Waals surface area contributed by atoms with Crippen molar-refractivity contribution in [2.24, 2.45) is 0 Å². The average molecular weight is 258 g/mol. The predicted octanol–water partition coefficient (Wildman–Crippen LogP) is 2.68. The van der Waals surface area contributed by atoms with Crippen molar-refractivity contribution >= 4 is 5.69 Å². The molecule has 0 aromatic heterocycles. The third-order valence-electron chi connectivity index (χ3n) is 4.05. The minimum atomic E-state index is -0.498. The van der Waals surface area contributed by atoms with E-state index in [4.69, 9.17) is 9.47 Å². The van der Waals surface area contributed by atoms with Crippen LogP contribution in [0.5, 0.6) is 0 Å². The summed E-state index contributed by atoms with van der Waals surface area (Å²) < 4.78 is 11.4. The highest BCUT2D eigenvalue weighted by atomic mass is 16.7. The molecule has 1 aliphatic heterocycles. The van der Waals surface area contributed by atoms with Crippen LogP contribution >= 0.6 is 0 Å². The molecular weight excluding hydrogens is 240 g/mol. The molecule has 1 saturated heterocycles. The van der Waals surface area contributed by atoms with Gasteiger partial charge < -0.3 is 14.8 Å². The third kappa shape index (κ3) is 2.44. The molecule has 1 spiro atoms. The highest BCUT2D eigenvalue weighted by molar-refractivity contribution is 5.47. The Morgan fingerprint density at radius 2 is 1.63 bits per heavy atom. The van der Waals surface area contributed by atoms with Crippen LogP contribution in [0.3, 0.4) is 0 Å². The van der Waals surface area contributed by atoms with E-state index < -0.39 is 11.3 Å². The van der Waals surface area contributed by atoms with Crippen LogP contribution in [-0.2, 0) is 9.47 Å². The molecule has 0 radical (unpaired) electrons. The van der Waals surface area contributed by atoms with Gasteiger partial charge in [0, 0.05) is 18.5 Å². The molecule has 4 nitrogen and oxygen atoms in total. The van der Waals surface area contributed by atoms with E-state index in [0.29, 0.717) is 13.2 Å². The lowest BCUT2D eigenvalue weighted by Crippen LogP contribution is -2.47. The van der Waals surface area contributed by atoms with Crippen LogP contribution in [0.2, 0.25) is 0 Å². The van der Waals surface area contributed by atoms with E-state index in [2.05, 4.69) is 11.4 Å². The Labute approximate surface area is 113 Å². The second kappa shape index (κ2) is 4.84. The number of ether oxygens (including phenoxy) is 2. The Morgan fingerprint density at radius 1 is 1.00 bits per heavy atom. The third-order valence-corrected chi connectivity index (χ3v) is 4.05. The first-order valence-electron chi connectivity index (χ1n) is 6.78. The van der Waals surface area contributed by atoms with E-state index in [9.17, 15) is 5.26 Å². The van der Waals surface area contributed by atoms with Crippen LogP contribution in [0, 0.1) is 11.3 Å². The molecule has 4 heteroatoms. The molecule has 1 aromatic rings. The molecule has 2 aliphatic rings. The summed E-state index contributed by atoms with van der Waals surface area (Å²) in [7, 11) is 0. The van der Waals surface area contributed by atoms with Gasteiger partial charge in [0.2, 0.25) is 0 Å². The molecule has 1 N–H and O–H groups in total. The molecule has 1 saturated carbocycles. The monoisotopic (exact) mass is 258 g/mol. The molecule has 1 heterocycles. The summed E-state index contributed by atoms with van der Waals surface area (Å²) in [4.78, 5) is 0. The van der Waals surface area contributed by atoms with Gasteiger partial charge in [-0.1, -0.05) is 18.2 Å². The Balaban J connectivity index is 1.70. The molecule has 100 valence electrons. The Bertz CT molecular complexity index is 465. The predicted molar refractivity (Wildman–Crippen MR) is 71.5 cm³/mol. The zero-order valence-electron chi connectivity index (χ0n) is 10.9. The van der Waals surface area contributed by atoms with Gasteiger partial charge in [0.15, 0.2) is 5.79 Å². The number of nitriles is 1. The van der Waals surface area contributed by atoms with Crippen molar-refractivity contribution in [3.05, 3.63) is 30.3 Å². The van der Waals surface area contributed by atoms with Crippen LogP contribution in [0.15, 0.2) is 30.3 Å². The quantitative estimate of drug-likeness (QED) is 0.886. The molecule has 3 rings (SSSR count). The van der Waals surface area contributed by atoms with Gasteiger partial charge in [-0.25, -0.2) is 0 Å². The van der Waals surface area contributed by atoms with Gasteiger partial charge in [0.05, 0.1) is 19.3 Å². The number of para-hydroxylation sites is 1. The molecule has 2 fully saturated rings. The van der Waals surface area contributed by atoms with E-state index in [1.54, 1.807) is 0 Å². The Morgan fingerprint density at radius 3 is 2.21 bits per heavy atom. The normalized spacial score (nSPS) is 23.9. The van der Waals surface area contributed by atoms with E-state index in [-0.39, 0.29) is 0 Å². The van der Waals surface area contributed by atoms with Gasteiger partial charge in [-0.2, -0.15) is 5.26 Å². The van der Waals surface area contributed by atoms with Crippen LogP contribution in [-0.4, -0.2) is 24.5 Å². The van der Waals surface area contributed by atoms with Gasteiger partial charge in [-0.15, -0.1) is 0 Å². The fraction of sp³-hybridized carbons (Fsp3) is 0.533. The largest absolute Gasteiger partial charge is 0.367 e. The van der Waals surface area contributed by atoms with Crippen molar-refractivity contribution in [3.8, 4) is 6.07 Å². The number of benzene rings is 1. The molecule has 1 aromatic carbocycles. The second-order valence-corrected chi connectivity index (χ2v) is 5.29. The topological polar surface area (TPSA) is 54.3 Å². The van der Waals surface area contributed by atoms with Crippen molar-refractivity contribution in [2.75, 3.05) is 18.5 Å². The van der Waals surface area contributed by atoms with Crippen LogP contribution in [0.25, 0.3) is 0 Å². The van der Waals surface area contributed by atoms with E-state index >= 15 is 0 Å². The summed E-state index contributed by atoms with van der Waals surface area (Å²) >= 11 is 0. The number of rotatable bonds is 2. The van der Waals surface area contributed by atoms with Gasteiger partial charge in [-0.3, -0.25) is 0 Å². The van der Waals surface area contributed by atoms with Crippen molar-refractivity contribution in [2.45, 2.75) is 37.0 Å². The summed E-state index contributed by atoms with van der Waals surface area (Å²) in [6.45, 7) is 1.34. The van der Waals surface area contributed by atoms with Gasteiger partial charge >= 0.3 is 0 Å². The Hall–Kier alpha value is -1.57. The zero-order valence-corrected chi connectivity index (χ0v) is 10.9. The molecule has 0 bridgehead atoms. The molecular formula is C15H18N2O2. The van der Waals surface area contributed by atoms with Crippen LogP contribution in [0.4, 0.5) is 5.69 Å². The summed E-state index contributed by atoms with van der Waals surface area (Å²) in [5, 5.41) is 12.9. The number of hydrogen-bond donors (Lipinski definition) is 1. The first-order valence-corrected chi connectivity index (χ1v) is 6.78. The first-order chi connectivity index (χ1) is 9.26. The van der Waals surface area contributed by atoms with Gasteiger partial charge in [-0.05, 0) is 25.0 Å². The lowest BCUT2D eigenvalue weighted by atomic mass is 9.79. The summed E-state index contributed by atoms with van der Waals surface area (Å²) in [6, 6.07) is 12.4. The summed E-state index contributed by atoms with van der Waals surface area (Å²) in [5.74, 6) is -0.418. The van der Waals surface area contributed by atoms with Crippen LogP contribution < -0.4 is 5.32 Å². The maximum absolute atomic E-state index is 9.54. The lowest BCUT2D eigenvalue weighted by Gasteiger charge is -2.40. The molecule has 19 heavy (non-hydrogen) atoms. The SMILES string of the molecule is N#CC1(Nc2ccccc2)CCC2(CC1)OCCO2. The van der Waals surface area contributed by atoms with Crippen molar-refractivity contribution in [3.63, 3.8) is 0 Å². The minimum Gasteiger partial charge on any atom is -0.367 e. The molecule has 0 unspecified atom stereocenters. The standard InChI is InChI=1S/C15H18N2O2/c16-12-14(17-13-4-2-1-3-5-13)6-8-15(9-7-14)18-10-11-19-15/h1-5,17H,6-11H2. The zero-order chi connectivity index (χ0) is 13.2. The minimum absolute atomic E-state index is 0.418. The molecule has 0 atom stereocenters. The van der Waals surface area contributed by atoms with E-state index in [0.717, 1.165) is 31.4 Å². The van der Waals surface area contributed by atoms with Crippen molar-refractivity contribution < 1.29 is 9.47 Å². The lowest BCUT2D eigenvalue weighted by molar-refractivity contribution is -0.180. The van der Waals surface area contributed by atoms with E-state index in [1.165, 1.54) is 0 Å². The smallest absolute Gasteiger partial charge is 0.168 e. The first kappa shape index (κ1) is 12.5.